The second-order valence-corrected chi connectivity index (χ2v) is 9.47. The Labute approximate surface area is 230 Å². The van der Waals surface area contributed by atoms with Gasteiger partial charge in [0.2, 0.25) is 6.29 Å². The first-order valence-electron chi connectivity index (χ1n) is 12.9. The maximum atomic E-state index is 9.84. The molecule has 5 rings (SSSR count). The van der Waals surface area contributed by atoms with E-state index in [1.54, 1.807) is 31.2 Å². The smallest absolute Gasteiger partial charge is 0.219 e. The Balaban J connectivity index is 1.37. The van der Waals surface area contributed by atoms with Crippen LogP contribution in [0.1, 0.15) is 12.5 Å². The van der Waals surface area contributed by atoms with Gasteiger partial charge < -0.3 is 19.5 Å². The molecule has 1 unspecified atom stereocenters. The standard InChI is InChI=1S/C35H31NO3/c1-25(2)35(37)39-34-23-21-33(22-24-34)38-32-19-17-31(18-20-32)36(29-13-9-26(3)10-14-29)30-15-11-28(12-16-30)27-7-5-4-6-8-27/h4-24,35,37H,1H2,2-3H3. The summed E-state index contributed by atoms with van der Waals surface area (Å²) in [4.78, 5) is 2.23. The third kappa shape index (κ3) is 6.38. The van der Waals surface area contributed by atoms with Crippen molar-refractivity contribution in [1.82, 2.24) is 0 Å². The summed E-state index contributed by atoms with van der Waals surface area (Å²) in [6.45, 7) is 7.51. The van der Waals surface area contributed by atoms with Gasteiger partial charge in [-0.25, -0.2) is 0 Å². The molecule has 0 radical (unpaired) electrons. The second-order valence-electron chi connectivity index (χ2n) is 9.47. The highest BCUT2D eigenvalue weighted by Gasteiger charge is 2.13. The van der Waals surface area contributed by atoms with Gasteiger partial charge in [0.15, 0.2) is 0 Å². The molecule has 0 heterocycles. The molecule has 0 amide bonds. The lowest BCUT2D eigenvalue weighted by Gasteiger charge is -2.26. The van der Waals surface area contributed by atoms with E-state index in [0.717, 1.165) is 22.8 Å². The number of aliphatic hydroxyl groups is 1. The molecule has 0 bridgehead atoms. The van der Waals surface area contributed by atoms with Crippen LogP contribution in [0.2, 0.25) is 0 Å². The van der Waals surface area contributed by atoms with Gasteiger partial charge in [-0.3, -0.25) is 0 Å². The second kappa shape index (κ2) is 11.7. The molecule has 0 aromatic heterocycles. The van der Waals surface area contributed by atoms with Crippen LogP contribution in [0.5, 0.6) is 17.2 Å². The third-order valence-corrected chi connectivity index (χ3v) is 6.35. The van der Waals surface area contributed by atoms with Crippen LogP contribution in [-0.2, 0) is 0 Å². The maximum Gasteiger partial charge on any atom is 0.219 e. The molecule has 0 aliphatic carbocycles. The molecule has 4 heteroatoms. The summed E-state index contributed by atoms with van der Waals surface area (Å²) in [6.07, 6.45) is -1.03. The van der Waals surface area contributed by atoms with Crippen LogP contribution < -0.4 is 14.4 Å². The summed E-state index contributed by atoms with van der Waals surface area (Å²) in [5.41, 5.74) is 7.30. The number of aryl methyl sites for hydroxylation is 1. The molecule has 4 nitrogen and oxygen atoms in total. The van der Waals surface area contributed by atoms with Crippen molar-refractivity contribution in [1.29, 1.82) is 0 Å². The van der Waals surface area contributed by atoms with Crippen LogP contribution in [-0.4, -0.2) is 11.4 Å². The van der Waals surface area contributed by atoms with Gasteiger partial charge in [0.1, 0.15) is 17.2 Å². The summed E-state index contributed by atoms with van der Waals surface area (Å²) in [6, 6.07) is 42.7. The van der Waals surface area contributed by atoms with Gasteiger partial charge in [-0.1, -0.05) is 66.7 Å². The van der Waals surface area contributed by atoms with E-state index in [9.17, 15) is 5.11 Å². The highest BCUT2D eigenvalue weighted by atomic mass is 16.6. The van der Waals surface area contributed by atoms with Crippen LogP contribution in [0.25, 0.3) is 11.1 Å². The number of nitrogens with zero attached hydrogens (tertiary/aromatic N) is 1. The van der Waals surface area contributed by atoms with Gasteiger partial charge in [0, 0.05) is 17.1 Å². The van der Waals surface area contributed by atoms with Gasteiger partial charge in [0.05, 0.1) is 0 Å². The van der Waals surface area contributed by atoms with Gasteiger partial charge in [-0.2, -0.15) is 0 Å². The Morgan fingerprint density at radius 2 is 1.05 bits per heavy atom. The SMILES string of the molecule is C=C(C)C(O)Oc1ccc(Oc2ccc(N(c3ccc(C)cc3)c3ccc(-c4ccccc4)cc3)cc2)cc1. The topological polar surface area (TPSA) is 41.9 Å². The zero-order chi connectivity index (χ0) is 27.2. The number of rotatable bonds is 9. The van der Waals surface area contributed by atoms with E-state index >= 15 is 0 Å². The molecule has 1 atom stereocenters. The van der Waals surface area contributed by atoms with Crippen molar-refractivity contribution in [3.05, 3.63) is 145 Å². The minimum Gasteiger partial charge on any atom is -0.461 e. The normalized spacial score (nSPS) is 11.5. The summed E-state index contributed by atoms with van der Waals surface area (Å²) in [5.74, 6) is 1.93. The number of hydrogen-bond acceptors (Lipinski definition) is 4. The number of aliphatic hydroxyl groups excluding tert-OH is 1. The van der Waals surface area contributed by atoms with Crippen LogP contribution in [0.4, 0.5) is 17.1 Å². The molecule has 0 spiro atoms. The van der Waals surface area contributed by atoms with E-state index in [1.807, 2.05) is 18.2 Å². The number of anilines is 3. The van der Waals surface area contributed by atoms with Crippen molar-refractivity contribution >= 4 is 17.1 Å². The Morgan fingerprint density at radius 1 is 0.615 bits per heavy atom. The van der Waals surface area contributed by atoms with E-state index < -0.39 is 6.29 Å². The largest absolute Gasteiger partial charge is 0.461 e. The summed E-state index contributed by atoms with van der Waals surface area (Å²) < 4.78 is 11.5. The molecule has 1 N–H and O–H groups in total. The average molecular weight is 514 g/mol. The first kappa shape index (κ1) is 25.8. The third-order valence-electron chi connectivity index (χ3n) is 6.35. The zero-order valence-corrected chi connectivity index (χ0v) is 22.1. The first-order chi connectivity index (χ1) is 19.0. The van der Waals surface area contributed by atoms with Crippen LogP contribution in [0, 0.1) is 6.92 Å². The molecule has 0 aliphatic heterocycles. The molecule has 194 valence electrons. The summed E-state index contributed by atoms with van der Waals surface area (Å²) >= 11 is 0. The Hall–Kier alpha value is -4.80. The molecule has 0 saturated carbocycles. The number of hydrogen-bond donors (Lipinski definition) is 1. The molecule has 0 aliphatic rings. The lowest BCUT2D eigenvalue weighted by molar-refractivity contribution is 0.0151. The molecular weight excluding hydrogens is 482 g/mol. The van der Waals surface area contributed by atoms with E-state index in [-0.39, 0.29) is 0 Å². The van der Waals surface area contributed by atoms with E-state index in [2.05, 4.69) is 103 Å². The minimum atomic E-state index is -1.03. The molecule has 0 saturated heterocycles. The predicted octanol–water partition coefficient (Wildman–Crippen LogP) is 9.20. The Morgan fingerprint density at radius 3 is 1.59 bits per heavy atom. The average Bonchev–Trinajstić information content (AvgIpc) is 2.97. The quantitative estimate of drug-likeness (QED) is 0.158. The van der Waals surface area contributed by atoms with E-state index in [1.165, 1.54) is 16.7 Å². The van der Waals surface area contributed by atoms with Crippen molar-refractivity contribution in [2.75, 3.05) is 4.90 Å². The predicted molar refractivity (Wildman–Crippen MR) is 159 cm³/mol. The zero-order valence-electron chi connectivity index (χ0n) is 22.1. The summed E-state index contributed by atoms with van der Waals surface area (Å²) in [7, 11) is 0. The fourth-order valence-electron chi connectivity index (χ4n) is 4.19. The first-order valence-corrected chi connectivity index (χ1v) is 12.9. The summed E-state index contributed by atoms with van der Waals surface area (Å²) in [5, 5.41) is 9.84. The maximum absolute atomic E-state index is 9.84. The van der Waals surface area contributed by atoms with Crippen molar-refractivity contribution in [2.24, 2.45) is 0 Å². The van der Waals surface area contributed by atoms with Gasteiger partial charge >= 0.3 is 0 Å². The fourth-order valence-corrected chi connectivity index (χ4v) is 4.19. The van der Waals surface area contributed by atoms with E-state index in [4.69, 9.17) is 9.47 Å². The van der Waals surface area contributed by atoms with Crippen molar-refractivity contribution in [2.45, 2.75) is 20.1 Å². The molecule has 5 aromatic rings. The fraction of sp³-hybridized carbons (Fsp3) is 0.0857. The van der Waals surface area contributed by atoms with Crippen molar-refractivity contribution in [3.8, 4) is 28.4 Å². The number of benzene rings is 5. The van der Waals surface area contributed by atoms with Gasteiger partial charge in [-0.05, 0) is 103 Å². The van der Waals surface area contributed by atoms with Crippen LogP contribution >= 0.6 is 0 Å². The Bertz CT molecular complexity index is 1510. The molecule has 0 fully saturated rings. The minimum absolute atomic E-state index is 0.542. The molecule has 5 aromatic carbocycles. The van der Waals surface area contributed by atoms with Gasteiger partial charge in [-0.15, -0.1) is 0 Å². The molecular formula is C35H31NO3. The van der Waals surface area contributed by atoms with Crippen molar-refractivity contribution < 1.29 is 14.6 Å². The molecule has 39 heavy (non-hydrogen) atoms. The van der Waals surface area contributed by atoms with E-state index in [0.29, 0.717) is 17.1 Å². The van der Waals surface area contributed by atoms with Gasteiger partial charge in [0.25, 0.3) is 0 Å². The lowest BCUT2D eigenvalue weighted by Crippen LogP contribution is -2.15. The van der Waals surface area contributed by atoms with Crippen LogP contribution in [0.3, 0.4) is 0 Å². The highest BCUT2D eigenvalue weighted by molar-refractivity contribution is 5.78. The Kier molecular flexibility index (Phi) is 7.76. The number of ether oxygens (including phenoxy) is 2. The monoisotopic (exact) mass is 513 g/mol. The lowest BCUT2D eigenvalue weighted by atomic mass is 10.0. The van der Waals surface area contributed by atoms with Crippen molar-refractivity contribution in [3.63, 3.8) is 0 Å². The highest BCUT2D eigenvalue weighted by Crippen LogP contribution is 2.37. The van der Waals surface area contributed by atoms with Crippen LogP contribution in [0.15, 0.2) is 140 Å².